The van der Waals surface area contributed by atoms with Crippen LogP contribution in [0, 0.1) is 18.3 Å². The summed E-state index contributed by atoms with van der Waals surface area (Å²) < 4.78 is 0. The van der Waals surface area contributed by atoms with Crippen molar-refractivity contribution in [2.24, 2.45) is 5.92 Å². The molecule has 0 radical (unpaired) electrons. The van der Waals surface area contributed by atoms with Gasteiger partial charge in [0.15, 0.2) is 0 Å². The predicted molar refractivity (Wildman–Crippen MR) is 63.4 cm³/mol. The van der Waals surface area contributed by atoms with Crippen LogP contribution in [-0.4, -0.2) is 22.7 Å². The summed E-state index contributed by atoms with van der Waals surface area (Å²) in [6.07, 6.45) is 11.3. The lowest BCUT2D eigenvalue weighted by Crippen LogP contribution is -2.17. The van der Waals surface area contributed by atoms with E-state index < -0.39 is 0 Å². The van der Waals surface area contributed by atoms with E-state index in [2.05, 4.69) is 5.92 Å². The van der Waals surface area contributed by atoms with Crippen LogP contribution in [0.3, 0.4) is 0 Å². The van der Waals surface area contributed by atoms with E-state index in [0.717, 1.165) is 31.6 Å². The molecule has 14 heavy (non-hydrogen) atoms. The minimum Gasteiger partial charge on any atom is -0.393 e. The Morgan fingerprint density at radius 2 is 2.14 bits per heavy atom. The van der Waals surface area contributed by atoms with Gasteiger partial charge in [-0.05, 0) is 49.5 Å². The van der Waals surface area contributed by atoms with E-state index in [-0.39, 0.29) is 6.10 Å². The van der Waals surface area contributed by atoms with Gasteiger partial charge in [-0.3, -0.25) is 0 Å². The molecule has 1 atom stereocenters. The maximum Gasteiger partial charge on any atom is 0.0543 e. The number of aliphatic hydroxyl groups is 1. The molecule has 1 saturated heterocycles. The van der Waals surface area contributed by atoms with Crippen molar-refractivity contribution in [1.82, 2.24) is 0 Å². The number of rotatable bonds is 5. The Morgan fingerprint density at radius 3 is 2.79 bits per heavy atom. The van der Waals surface area contributed by atoms with Gasteiger partial charge in [0.2, 0.25) is 0 Å². The predicted octanol–water partition coefficient (Wildman–Crippen LogP) is 2.68. The van der Waals surface area contributed by atoms with Crippen LogP contribution >= 0.6 is 11.8 Å². The molecule has 80 valence electrons. The summed E-state index contributed by atoms with van der Waals surface area (Å²) in [6.45, 7) is 0. The Labute approximate surface area is 91.7 Å². The Bertz CT molecular complexity index is 179. The topological polar surface area (TPSA) is 20.2 Å². The van der Waals surface area contributed by atoms with Gasteiger partial charge < -0.3 is 5.11 Å². The van der Waals surface area contributed by atoms with Crippen LogP contribution < -0.4 is 0 Å². The molecule has 0 aromatic heterocycles. The quantitative estimate of drug-likeness (QED) is 0.558. The molecule has 0 saturated carbocycles. The second-order valence-electron chi connectivity index (χ2n) is 4.04. The fourth-order valence-electron chi connectivity index (χ4n) is 1.92. The van der Waals surface area contributed by atoms with Gasteiger partial charge in [-0.1, -0.05) is 0 Å². The third-order valence-corrected chi connectivity index (χ3v) is 3.85. The third kappa shape index (κ3) is 4.93. The van der Waals surface area contributed by atoms with E-state index in [9.17, 15) is 5.11 Å². The summed E-state index contributed by atoms with van der Waals surface area (Å²) in [7, 11) is 0. The van der Waals surface area contributed by atoms with Crippen LogP contribution in [0.5, 0.6) is 0 Å². The van der Waals surface area contributed by atoms with Crippen LogP contribution in [0.15, 0.2) is 0 Å². The maximum atomic E-state index is 9.75. The molecule has 1 N–H and O–H groups in total. The highest BCUT2D eigenvalue weighted by atomic mass is 32.2. The van der Waals surface area contributed by atoms with E-state index in [0.29, 0.717) is 0 Å². The number of terminal acetylenes is 1. The fraction of sp³-hybridized carbons (Fsp3) is 0.833. The first-order chi connectivity index (χ1) is 6.83. The number of hydrogen-bond donors (Lipinski definition) is 1. The second kappa shape index (κ2) is 7.20. The number of aliphatic hydroxyl groups excluding tert-OH is 1. The number of unbranched alkanes of at least 4 members (excludes halogenated alkanes) is 1. The van der Waals surface area contributed by atoms with Crippen molar-refractivity contribution in [3.63, 3.8) is 0 Å². The smallest absolute Gasteiger partial charge is 0.0543 e. The lowest BCUT2D eigenvalue weighted by Gasteiger charge is -2.23. The summed E-state index contributed by atoms with van der Waals surface area (Å²) in [5.41, 5.74) is 0. The van der Waals surface area contributed by atoms with Crippen LogP contribution in [0.25, 0.3) is 0 Å². The van der Waals surface area contributed by atoms with E-state index in [1.165, 1.54) is 24.3 Å². The molecule has 1 nitrogen and oxygen atoms in total. The van der Waals surface area contributed by atoms with E-state index in [1.807, 2.05) is 11.8 Å². The first kappa shape index (κ1) is 11.9. The van der Waals surface area contributed by atoms with Crippen molar-refractivity contribution in [2.75, 3.05) is 11.5 Å². The molecule has 0 amide bonds. The monoisotopic (exact) mass is 212 g/mol. The Hall–Kier alpha value is -0.130. The summed E-state index contributed by atoms with van der Waals surface area (Å²) in [4.78, 5) is 0. The van der Waals surface area contributed by atoms with Crippen molar-refractivity contribution in [3.05, 3.63) is 0 Å². The SMILES string of the molecule is C#CCCCC(O)CC1CCSCC1. The molecule has 1 rings (SSSR count). The van der Waals surface area contributed by atoms with Crippen molar-refractivity contribution < 1.29 is 5.11 Å². The zero-order valence-corrected chi connectivity index (χ0v) is 9.56. The summed E-state index contributed by atoms with van der Waals surface area (Å²) in [5, 5.41) is 9.75. The van der Waals surface area contributed by atoms with E-state index >= 15 is 0 Å². The van der Waals surface area contributed by atoms with Crippen LogP contribution in [0.1, 0.15) is 38.5 Å². The highest BCUT2D eigenvalue weighted by Gasteiger charge is 2.17. The number of hydrogen-bond acceptors (Lipinski definition) is 2. The zero-order chi connectivity index (χ0) is 10.2. The molecule has 0 spiro atoms. The Kier molecular flexibility index (Phi) is 6.14. The highest BCUT2D eigenvalue weighted by Crippen LogP contribution is 2.27. The zero-order valence-electron chi connectivity index (χ0n) is 8.74. The molecular weight excluding hydrogens is 192 g/mol. The first-order valence-corrected chi connectivity index (χ1v) is 6.67. The van der Waals surface area contributed by atoms with Crippen molar-refractivity contribution in [1.29, 1.82) is 0 Å². The number of thioether (sulfide) groups is 1. The molecule has 1 fully saturated rings. The lowest BCUT2D eigenvalue weighted by atomic mass is 9.93. The fourth-order valence-corrected chi connectivity index (χ4v) is 3.13. The normalized spacial score (nSPS) is 20.3. The minimum absolute atomic E-state index is 0.114. The van der Waals surface area contributed by atoms with Crippen LogP contribution in [-0.2, 0) is 0 Å². The molecule has 0 aromatic rings. The van der Waals surface area contributed by atoms with Gasteiger partial charge in [-0.25, -0.2) is 0 Å². The Balaban J connectivity index is 2.06. The van der Waals surface area contributed by atoms with Gasteiger partial charge in [-0.15, -0.1) is 12.3 Å². The molecule has 0 bridgehead atoms. The van der Waals surface area contributed by atoms with Crippen LogP contribution in [0.2, 0.25) is 0 Å². The van der Waals surface area contributed by atoms with Crippen molar-refractivity contribution in [3.8, 4) is 12.3 Å². The van der Waals surface area contributed by atoms with Gasteiger partial charge >= 0.3 is 0 Å². The molecule has 1 unspecified atom stereocenters. The maximum absolute atomic E-state index is 9.75. The molecule has 1 aliphatic rings. The summed E-state index contributed by atoms with van der Waals surface area (Å²) >= 11 is 2.04. The van der Waals surface area contributed by atoms with E-state index in [4.69, 9.17) is 6.42 Å². The van der Waals surface area contributed by atoms with Crippen molar-refractivity contribution in [2.45, 2.75) is 44.6 Å². The minimum atomic E-state index is -0.114. The van der Waals surface area contributed by atoms with Crippen molar-refractivity contribution >= 4 is 11.8 Å². The third-order valence-electron chi connectivity index (χ3n) is 2.80. The highest BCUT2D eigenvalue weighted by molar-refractivity contribution is 7.99. The standard InChI is InChI=1S/C12H20OS/c1-2-3-4-5-12(13)10-11-6-8-14-9-7-11/h1,11-13H,3-10H2. The van der Waals surface area contributed by atoms with Gasteiger partial charge in [0.05, 0.1) is 6.10 Å². The van der Waals surface area contributed by atoms with Gasteiger partial charge in [0.1, 0.15) is 0 Å². The van der Waals surface area contributed by atoms with E-state index in [1.54, 1.807) is 0 Å². The second-order valence-corrected chi connectivity index (χ2v) is 5.27. The molecule has 1 heterocycles. The average molecular weight is 212 g/mol. The molecule has 2 heteroatoms. The van der Waals surface area contributed by atoms with Gasteiger partial charge in [-0.2, -0.15) is 11.8 Å². The largest absolute Gasteiger partial charge is 0.393 e. The van der Waals surface area contributed by atoms with Gasteiger partial charge in [0.25, 0.3) is 0 Å². The molecule has 0 aliphatic carbocycles. The molecule has 0 aromatic carbocycles. The van der Waals surface area contributed by atoms with Crippen LogP contribution in [0.4, 0.5) is 0 Å². The lowest BCUT2D eigenvalue weighted by molar-refractivity contribution is 0.128. The molecular formula is C12H20OS. The first-order valence-electron chi connectivity index (χ1n) is 5.52. The van der Waals surface area contributed by atoms with Gasteiger partial charge in [0, 0.05) is 6.42 Å². The average Bonchev–Trinajstić information content (AvgIpc) is 2.20. The Morgan fingerprint density at radius 1 is 1.43 bits per heavy atom. The molecule has 1 aliphatic heterocycles. The summed E-state index contributed by atoms with van der Waals surface area (Å²) in [6, 6.07) is 0. The summed E-state index contributed by atoms with van der Waals surface area (Å²) in [5.74, 6) is 5.93.